The van der Waals surface area contributed by atoms with Gasteiger partial charge < -0.3 is 14.7 Å². The summed E-state index contributed by atoms with van der Waals surface area (Å²) in [5.74, 6) is 1.55. The maximum absolute atomic E-state index is 13.1. The maximum Gasteiger partial charge on any atom is 0.323 e. The van der Waals surface area contributed by atoms with Gasteiger partial charge in [-0.05, 0) is 18.4 Å². The van der Waals surface area contributed by atoms with Crippen LogP contribution in [0.2, 0.25) is 0 Å². The predicted molar refractivity (Wildman–Crippen MR) is 149 cm³/mol. The van der Waals surface area contributed by atoms with Gasteiger partial charge in [0.05, 0.1) is 16.9 Å². The van der Waals surface area contributed by atoms with Crippen molar-refractivity contribution < 1.29 is 9.59 Å². The minimum Gasteiger partial charge on any atom is -0.352 e. The summed E-state index contributed by atoms with van der Waals surface area (Å²) < 4.78 is 0. The van der Waals surface area contributed by atoms with Crippen molar-refractivity contribution >= 4 is 34.9 Å². The molecule has 2 aliphatic heterocycles. The molecule has 0 saturated carbocycles. The first-order valence-corrected chi connectivity index (χ1v) is 13.9. The van der Waals surface area contributed by atoms with Gasteiger partial charge in [-0.15, -0.1) is 11.3 Å². The number of aromatic amines is 1. The zero-order valence-electron chi connectivity index (χ0n) is 21.4. The monoisotopic (exact) mass is 543 g/mol. The van der Waals surface area contributed by atoms with Crippen LogP contribution in [0, 0.1) is 0 Å². The standard InChI is InChI=1S/C27H29N9O2S/c37-26(35-14-12-34(13-15-35)24-17-28-8-9-29-24)22-18-39-25(30-22)20-6-10-36(11-7-20)27(38)31-23-16-21(32-33-23)19-4-2-1-3-5-19/h1-5,8-9,16-18,20H,6-7,10-15H2,(H2,31,32,33,38). The van der Waals surface area contributed by atoms with E-state index in [0.717, 1.165) is 34.9 Å². The van der Waals surface area contributed by atoms with Gasteiger partial charge in [-0.2, -0.15) is 5.10 Å². The Kier molecular flexibility index (Phi) is 7.17. The van der Waals surface area contributed by atoms with Crippen LogP contribution in [0.15, 0.2) is 60.4 Å². The highest BCUT2D eigenvalue weighted by Gasteiger charge is 2.29. The van der Waals surface area contributed by atoms with Gasteiger partial charge in [0.25, 0.3) is 5.91 Å². The van der Waals surface area contributed by atoms with E-state index in [9.17, 15) is 9.59 Å². The first-order chi connectivity index (χ1) is 19.1. The molecule has 3 amide bonds. The molecule has 2 fully saturated rings. The molecule has 2 saturated heterocycles. The lowest BCUT2D eigenvalue weighted by atomic mass is 9.98. The summed E-state index contributed by atoms with van der Waals surface area (Å²) in [4.78, 5) is 44.9. The zero-order chi connectivity index (χ0) is 26.6. The fourth-order valence-electron chi connectivity index (χ4n) is 5.00. The predicted octanol–water partition coefficient (Wildman–Crippen LogP) is 3.70. The number of carbonyl (C=O) groups excluding carboxylic acids is 2. The first kappa shape index (κ1) is 25.0. The Hall–Kier alpha value is -4.32. The molecule has 200 valence electrons. The summed E-state index contributed by atoms with van der Waals surface area (Å²) in [5.41, 5.74) is 2.37. The molecule has 2 aliphatic rings. The number of piperidine rings is 1. The van der Waals surface area contributed by atoms with E-state index in [0.29, 0.717) is 50.8 Å². The van der Waals surface area contributed by atoms with E-state index in [2.05, 4.69) is 30.4 Å². The van der Waals surface area contributed by atoms with Crippen LogP contribution in [0.4, 0.5) is 16.4 Å². The van der Waals surface area contributed by atoms with Crippen molar-refractivity contribution in [3.63, 3.8) is 0 Å². The smallest absolute Gasteiger partial charge is 0.323 e. The van der Waals surface area contributed by atoms with Crippen molar-refractivity contribution in [2.24, 2.45) is 0 Å². The molecule has 11 nitrogen and oxygen atoms in total. The molecule has 0 unspecified atom stereocenters. The van der Waals surface area contributed by atoms with Crippen molar-refractivity contribution in [2.45, 2.75) is 18.8 Å². The number of rotatable bonds is 5. The van der Waals surface area contributed by atoms with E-state index in [1.807, 2.05) is 51.6 Å². The highest BCUT2D eigenvalue weighted by atomic mass is 32.1. The SMILES string of the molecule is O=C(Nc1cc(-c2ccccc2)[nH]n1)N1CCC(c2nc(C(=O)N3CCN(c4cnccn4)CC3)cs2)CC1. The molecule has 0 radical (unpaired) electrons. The molecule has 5 heterocycles. The third kappa shape index (κ3) is 5.60. The topological polar surface area (TPSA) is 123 Å². The van der Waals surface area contributed by atoms with Gasteiger partial charge in [0.1, 0.15) is 11.5 Å². The molecule has 39 heavy (non-hydrogen) atoms. The molecular formula is C27H29N9O2S. The van der Waals surface area contributed by atoms with Crippen molar-refractivity contribution in [2.75, 3.05) is 49.5 Å². The Bertz CT molecular complexity index is 1410. The fraction of sp³-hybridized carbons (Fsp3) is 0.333. The quantitative estimate of drug-likeness (QED) is 0.393. The molecule has 0 aliphatic carbocycles. The molecule has 4 aromatic rings. The number of benzene rings is 1. The summed E-state index contributed by atoms with van der Waals surface area (Å²) in [6.07, 6.45) is 6.70. The van der Waals surface area contributed by atoms with E-state index in [1.54, 1.807) is 18.6 Å². The Morgan fingerprint density at radius 3 is 2.51 bits per heavy atom. The second-order valence-corrected chi connectivity index (χ2v) is 10.5. The number of urea groups is 1. The minimum atomic E-state index is -0.157. The molecule has 0 spiro atoms. The molecule has 0 atom stereocenters. The summed E-state index contributed by atoms with van der Waals surface area (Å²) in [5, 5.41) is 12.9. The third-order valence-corrected chi connectivity index (χ3v) is 8.22. The molecule has 0 bridgehead atoms. The molecule has 3 aromatic heterocycles. The Balaban J connectivity index is 0.989. The van der Waals surface area contributed by atoms with Gasteiger partial charge in [-0.3, -0.25) is 20.2 Å². The summed E-state index contributed by atoms with van der Waals surface area (Å²) >= 11 is 1.54. The van der Waals surface area contributed by atoms with Crippen LogP contribution in [0.3, 0.4) is 0 Å². The average Bonchev–Trinajstić information content (AvgIpc) is 3.69. The number of anilines is 2. The summed E-state index contributed by atoms with van der Waals surface area (Å²) in [7, 11) is 0. The van der Waals surface area contributed by atoms with E-state index < -0.39 is 0 Å². The van der Waals surface area contributed by atoms with Gasteiger partial charge in [-0.25, -0.2) is 14.8 Å². The highest BCUT2D eigenvalue weighted by Crippen LogP contribution is 2.31. The van der Waals surface area contributed by atoms with Crippen LogP contribution in [0.25, 0.3) is 11.3 Å². The fourth-order valence-corrected chi connectivity index (χ4v) is 5.96. The molecule has 12 heteroatoms. The summed E-state index contributed by atoms with van der Waals surface area (Å²) in [6, 6.07) is 11.5. The van der Waals surface area contributed by atoms with Crippen molar-refractivity contribution in [3.05, 3.63) is 71.1 Å². The average molecular weight is 544 g/mol. The van der Waals surface area contributed by atoms with E-state index in [4.69, 9.17) is 4.98 Å². The van der Waals surface area contributed by atoms with Crippen LogP contribution >= 0.6 is 11.3 Å². The zero-order valence-corrected chi connectivity index (χ0v) is 22.2. The number of amides is 3. The number of carbonyl (C=O) groups is 2. The number of nitrogens with one attached hydrogen (secondary N) is 2. The van der Waals surface area contributed by atoms with Crippen LogP contribution in [-0.4, -0.2) is 86.2 Å². The number of thiazole rings is 1. The molecular weight excluding hydrogens is 514 g/mol. The number of nitrogens with zero attached hydrogens (tertiary/aromatic N) is 7. The van der Waals surface area contributed by atoms with Crippen molar-refractivity contribution in [1.82, 2.24) is 34.9 Å². The van der Waals surface area contributed by atoms with Gasteiger partial charge >= 0.3 is 6.03 Å². The van der Waals surface area contributed by atoms with Crippen LogP contribution in [0.1, 0.15) is 34.3 Å². The maximum atomic E-state index is 13.1. The number of aromatic nitrogens is 5. The Labute approximate surface area is 229 Å². The highest BCUT2D eigenvalue weighted by molar-refractivity contribution is 7.09. The van der Waals surface area contributed by atoms with Gasteiger partial charge in [0.2, 0.25) is 0 Å². The number of hydrogen-bond acceptors (Lipinski definition) is 8. The van der Waals surface area contributed by atoms with Crippen LogP contribution in [-0.2, 0) is 0 Å². The Morgan fingerprint density at radius 2 is 1.77 bits per heavy atom. The lowest BCUT2D eigenvalue weighted by molar-refractivity contribution is 0.0741. The number of likely N-dealkylation sites (tertiary alicyclic amines) is 1. The minimum absolute atomic E-state index is 0.0259. The molecule has 1 aromatic carbocycles. The normalized spacial score (nSPS) is 16.4. The second-order valence-electron chi connectivity index (χ2n) is 9.64. The van der Waals surface area contributed by atoms with E-state index in [1.165, 1.54) is 11.3 Å². The van der Waals surface area contributed by atoms with Gasteiger partial charge in [0, 0.05) is 69.0 Å². The molecule has 6 rings (SSSR count). The lowest BCUT2D eigenvalue weighted by Crippen LogP contribution is -2.49. The van der Waals surface area contributed by atoms with E-state index >= 15 is 0 Å². The largest absolute Gasteiger partial charge is 0.352 e. The van der Waals surface area contributed by atoms with Crippen molar-refractivity contribution in [3.8, 4) is 11.3 Å². The first-order valence-electron chi connectivity index (χ1n) is 13.1. The summed E-state index contributed by atoms with van der Waals surface area (Å²) in [6.45, 7) is 3.93. The van der Waals surface area contributed by atoms with Gasteiger partial charge in [0.15, 0.2) is 5.82 Å². The van der Waals surface area contributed by atoms with E-state index in [-0.39, 0.29) is 17.9 Å². The number of piperazine rings is 1. The van der Waals surface area contributed by atoms with Gasteiger partial charge in [-0.1, -0.05) is 30.3 Å². The third-order valence-electron chi connectivity index (χ3n) is 7.21. The Morgan fingerprint density at radius 1 is 0.974 bits per heavy atom. The number of hydrogen-bond donors (Lipinski definition) is 2. The lowest BCUT2D eigenvalue weighted by Gasteiger charge is -2.34. The number of H-pyrrole nitrogens is 1. The van der Waals surface area contributed by atoms with Crippen LogP contribution < -0.4 is 10.2 Å². The second kappa shape index (κ2) is 11.2. The van der Waals surface area contributed by atoms with Crippen LogP contribution in [0.5, 0.6) is 0 Å². The molecule has 2 N–H and O–H groups in total. The van der Waals surface area contributed by atoms with Crippen molar-refractivity contribution in [1.29, 1.82) is 0 Å².